The topological polar surface area (TPSA) is 37.3 Å². The maximum atomic E-state index is 11.0. The van der Waals surface area contributed by atoms with Gasteiger partial charge in [-0.3, -0.25) is 0 Å². The Morgan fingerprint density at radius 2 is 2.07 bits per heavy atom. The summed E-state index contributed by atoms with van der Waals surface area (Å²) in [5.41, 5.74) is 2.90. The maximum Gasteiger partial charge on any atom is 0.336 e. The number of carbonyl (C=O) groups is 1. The SMILES string of the molecule is C=C(CC)c1ccc(C)cc1C(=O)O. The van der Waals surface area contributed by atoms with Gasteiger partial charge in [-0.05, 0) is 30.5 Å². The first-order valence-corrected chi connectivity index (χ1v) is 4.58. The van der Waals surface area contributed by atoms with Crippen molar-refractivity contribution in [2.45, 2.75) is 20.3 Å². The minimum Gasteiger partial charge on any atom is -0.478 e. The Hall–Kier alpha value is -1.57. The van der Waals surface area contributed by atoms with Crippen molar-refractivity contribution >= 4 is 11.5 Å². The zero-order valence-corrected chi connectivity index (χ0v) is 8.50. The smallest absolute Gasteiger partial charge is 0.336 e. The van der Waals surface area contributed by atoms with Gasteiger partial charge < -0.3 is 5.11 Å². The molecule has 0 fully saturated rings. The van der Waals surface area contributed by atoms with Crippen LogP contribution in [-0.4, -0.2) is 11.1 Å². The van der Waals surface area contributed by atoms with Crippen LogP contribution in [0.15, 0.2) is 24.8 Å². The van der Waals surface area contributed by atoms with Crippen molar-refractivity contribution in [1.29, 1.82) is 0 Å². The molecule has 2 heteroatoms. The second-order valence-electron chi connectivity index (χ2n) is 3.31. The van der Waals surface area contributed by atoms with Crippen LogP contribution in [0.2, 0.25) is 0 Å². The fraction of sp³-hybridized carbons (Fsp3) is 0.250. The zero-order chi connectivity index (χ0) is 10.7. The minimum absolute atomic E-state index is 0.344. The van der Waals surface area contributed by atoms with Crippen LogP contribution in [0.3, 0.4) is 0 Å². The van der Waals surface area contributed by atoms with Gasteiger partial charge >= 0.3 is 5.97 Å². The lowest BCUT2D eigenvalue weighted by molar-refractivity contribution is 0.0696. The Bertz CT molecular complexity index is 378. The third-order valence-corrected chi connectivity index (χ3v) is 2.21. The van der Waals surface area contributed by atoms with Gasteiger partial charge in [0, 0.05) is 0 Å². The highest BCUT2D eigenvalue weighted by Crippen LogP contribution is 2.21. The molecule has 0 atom stereocenters. The Kier molecular flexibility index (Phi) is 3.07. The molecule has 2 nitrogen and oxygen atoms in total. The fourth-order valence-corrected chi connectivity index (χ4v) is 1.33. The first-order chi connectivity index (χ1) is 6.56. The minimum atomic E-state index is -0.890. The fourth-order valence-electron chi connectivity index (χ4n) is 1.33. The summed E-state index contributed by atoms with van der Waals surface area (Å²) in [5.74, 6) is -0.890. The summed E-state index contributed by atoms with van der Waals surface area (Å²) >= 11 is 0. The zero-order valence-electron chi connectivity index (χ0n) is 8.50. The van der Waals surface area contributed by atoms with Crippen molar-refractivity contribution < 1.29 is 9.90 Å². The molecule has 0 saturated heterocycles. The quantitative estimate of drug-likeness (QED) is 0.795. The number of hydrogen-bond donors (Lipinski definition) is 1. The average Bonchev–Trinajstić information content (AvgIpc) is 2.16. The van der Waals surface area contributed by atoms with E-state index in [1.54, 1.807) is 6.07 Å². The van der Waals surface area contributed by atoms with Crippen molar-refractivity contribution in [3.63, 3.8) is 0 Å². The highest BCUT2D eigenvalue weighted by Gasteiger charge is 2.11. The molecule has 0 bridgehead atoms. The molecular formula is C12H14O2. The van der Waals surface area contributed by atoms with Gasteiger partial charge in [-0.2, -0.15) is 0 Å². The summed E-state index contributed by atoms with van der Waals surface area (Å²) in [5, 5.41) is 8.99. The Balaban J connectivity index is 3.28. The number of rotatable bonds is 3. The van der Waals surface area contributed by atoms with Crippen molar-refractivity contribution in [3.8, 4) is 0 Å². The molecule has 0 radical (unpaired) electrons. The second-order valence-corrected chi connectivity index (χ2v) is 3.31. The molecule has 1 aromatic rings. The maximum absolute atomic E-state index is 11.0. The van der Waals surface area contributed by atoms with E-state index in [4.69, 9.17) is 5.11 Å². The predicted octanol–water partition coefficient (Wildman–Crippen LogP) is 3.12. The van der Waals surface area contributed by atoms with Gasteiger partial charge in [-0.1, -0.05) is 31.2 Å². The molecule has 0 spiro atoms. The molecule has 0 aliphatic rings. The molecule has 74 valence electrons. The van der Waals surface area contributed by atoms with E-state index in [1.165, 1.54) is 0 Å². The van der Waals surface area contributed by atoms with E-state index in [0.29, 0.717) is 5.56 Å². The van der Waals surface area contributed by atoms with Crippen molar-refractivity contribution in [1.82, 2.24) is 0 Å². The van der Waals surface area contributed by atoms with Gasteiger partial charge in [0.1, 0.15) is 0 Å². The van der Waals surface area contributed by atoms with Gasteiger partial charge in [0.15, 0.2) is 0 Å². The number of allylic oxidation sites excluding steroid dienone is 1. The van der Waals surface area contributed by atoms with Gasteiger partial charge in [0.2, 0.25) is 0 Å². The second kappa shape index (κ2) is 4.09. The third kappa shape index (κ3) is 2.02. The van der Waals surface area contributed by atoms with Crippen LogP contribution in [0.1, 0.15) is 34.8 Å². The monoisotopic (exact) mass is 190 g/mol. The highest BCUT2D eigenvalue weighted by molar-refractivity contribution is 5.94. The Morgan fingerprint density at radius 1 is 1.43 bits per heavy atom. The summed E-state index contributed by atoms with van der Waals surface area (Å²) < 4.78 is 0. The lowest BCUT2D eigenvalue weighted by Gasteiger charge is -2.08. The van der Waals surface area contributed by atoms with E-state index in [0.717, 1.165) is 23.1 Å². The Morgan fingerprint density at radius 3 is 2.57 bits per heavy atom. The van der Waals surface area contributed by atoms with E-state index in [1.807, 2.05) is 26.0 Å². The predicted molar refractivity (Wildman–Crippen MR) is 57.5 cm³/mol. The molecule has 1 rings (SSSR count). The molecule has 14 heavy (non-hydrogen) atoms. The molecule has 0 unspecified atom stereocenters. The van der Waals surface area contributed by atoms with Crippen LogP contribution in [0.5, 0.6) is 0 Å². The molecule has 0 saturated carbocycles. The molecular weight excluding hydrogens is 176 g/mol. The largest absolute Gasteiger partial charge is 0.478 e. The molecule has 0 aliphatic carbocycles. The van der Waals surface area contributed by atoms with E-state index in [-0.39, 0.29) is 0 Å². The van der Waals surface area contributed by atoms with E-state index in [2.05, 4.69) is 6.58 Å². The average molecular weight is 190 g/mol. The lowest BCUT2D eigenvalue weighted by atomic mass is 9.97. The molecule has 1 N–H and O–H groups in total. The van der Waals surface area contributed by atoms with Crippen LogP contribution >= 0.6 is 0 Å². The van der Waals surface area contributed by atoms with E-state index < -0.39 is 5.97 Å². The standard InChI is InChI=1S/C12H14O2/c1-4-9(3)10-6-5-8(2)7-11(10)12(13)14/h5-7H,3-4H2,1-2H3,(H,13,14). The van der Waals surface area contributed by atoms with Crippen molar-refractivity contribution in [3.05, 3.63) is 41.5 Å². The number of aryl methyl sites for hydroxylation is 1. The first kappa shape index (κ1) is 10.5. The molecule has 0 amide bonds. The molecule has 0 heterocycles. The van der Waals surface area contributed by atoms with E-state index in [9.17, 15) is 4.79 Å². The van der Waals surface area contributed by atoms with Gasteiger partial charge in [0.05, 0.1) is 5.56 Å². The van der Waals surface area contributed by atoms with Crippen molar-refractivity contribution in [2.75, 3.05) is 0 Å². The highest BCUT2D eigenvalue weighted by atomic mass is 16.4. The van der Waals surface area contributed by atoms with Crippen LogP contribution < -0.4 is 0 Å². The van der Waals surface area contributed by atoms with Gasteiger partial charge in [0.25, 0.3) is 0 Å². The molecule has 1 aromatic carbocycles. The normalized spacial score (nSPS) is 9.86. The van der Waals surface area contributed by atoms with Crippen molar-refractivity contribution in [2.24, 2.45) is 0 Å². The summed E-state index contributed by atoms with van der Waals surface area (Å²) in [7, 11) is 0. The summed E-state index contributed by atoms with van der Waals surface area (Å²) in [6.07, 6.45) is 0.767. The Labute approximate surface area is 83.9 Å². The number of aromatic carboxylic acids is 1. The number of benzene rings is 1. The number of carboxylic acid groups (broad SMARTS) is 1. The van der Waals surface area contributed by atoms with E-state index >= 15 is 0 Å². The van der Waals surface area contributed by atoms with Gasteiger partial charge in [-0.25, -0.2) is 4.79 Å². The summed E-state index contributed by atoms with van der Waals surface area (Å²) in [6.45, 7) is 7.70. The van der Waals surface area contributed by atoms with Crippen LogP contribution in [0.4, 0.5) is 0 Å². The van der Waals surface area contributed by atoms with Crippen LogP contribution in [0, 0.1) is 6.92 Å². The molecule has 0 aliphatic heterocycles. The number of hydrogen-bond acceptors (Lipinski definition) is 1. The summed E-state index contributed by atoms with van der Waals surface area (Å²) in [4.78, 5) is 11.0. The molecule has 0 aromatic heterocycles. The van der Waals surface area contributed by atoms with Crippen LogP contribution in [0.25, 0.3) is 5.57 Å². The summed E-state index contributed by atoms with van der Waals surface area (Å²) in [6, 6.07) is 5.41. The third-order valence-electron chi connectivity index (χ3n) is 2.21. The number of carboxylic acids is 1. The first-order valence-electron chi connectivity index (χ1n) is 4.58. The lowest BCUT2D eigenvalue weighted by Crippen LogP contribution is -2.02. The van der Waals surface area contributed by atoms with Crippen LogP contribution in [-0.2, 0) is 0 Å². The van der Waals surface area contributed by atoms with Gasteiger partial charge in [-0.15, -0.1) is 0 Å².